The highest BCUT2D eigenvalue weighted by Crippen LogP contribution is 2.34. The van der Waals surface area contributed by atoms with Crippen LogP contribution in [0.4, 0.5) is 0 Å². The molecule has 0 aromatic heterocycles. The highest BCUT2D eigenvalue weighted by atomic mass is 16.2. The maximum absolute atomic E-state index is 11.6. The van der Waals surface area contributed by atoms with Gasteiger partial charge in [0.15, 0.2) is 0 Å². The molecule has 2 saturated heterocycles. The monoisotopic (exact) mass is 325 g/mol. The second-order valence-electron chi connectivity index (χ2n) is 7.22. The van der Waals surface area contributed by atoms with Crippen LogP contribution in [0.5, 0.6) is 0 Å². The predicted molar refractivity (Wildman–Crippen MR) is 89.9 cm³/mol. The summed E-state index contributed by atoms with van der Waals surface area (Å²) in [6, 6.07) is 7.24. The topological polar surface area (TPSA) is 66.6 Å². The summed E-state index contributed by atoms with van der Waals surface area (Å²) in [4.78, 5) is 27.7. The van der Waals surface area contributed by atoms with Crippen LogP contribution < -0.4 is 5.73 Å². The van der Waals surface area contributed by atoms with Gasteiger partial charge in [0.2, 0.25) is 11.8 Å². The number of carbonyl (C=O) groups excluding carboxylic acids is 2. The summed E-state index contributed by atoms with van der Waals surface area (Å²) >= 11 is 0. The first-order valence-electron chi connectivity index (χ1n) is 8.68. The minimum atomic E-state index is -0.366. The Morgan fingerprint density at radius 1 is 1.29 bits per heavy atom. The largest absolute Gasteiger partial charge is 0.369 e. The van der Waals surface area contributed by atoms with E-state index >= 15 is 0 Å². The molecule has 0 spiro atoms. The van der Waals surface area contributed by atoms with E-state index in [0.717, 1.165) is 44.5 Å². The first-order chi connectivity index (χ1) is 11.5. The average Bonchev–Trinajstić information content (AvgIpc) is 3.14. The number of hydrogen-bond donors (Lipinski definition) is 1. The van der Waals surface area contributed by atoms with Crippen LogP contribution in [-0.2, 0) is 22.6 Å². The normalized spacial score (nSPS) is 28.9. The molecule has 3 atom stereocenters. The van der Waals surface area contributed by atoms with E-state index in [1.165, 1.54) is 11.1 Å². The molecule has 1 aromatic rings. The van der Waals surface area contributed by atoms with Gasteiger partial charge in [0.1, 0.15) is 0 Å². The Bertz CT molecular complexity index is 687. The lowest BCUT2D eigenvalue weighted by Gasteiger charge is -2.34. The van der Waals surface area contributed by atoms with Crippen LogP contribution in [0.15, 0.2) is 18.2 Å². The second-order valence-corrected chi connectivity index (χ2v) is 7.22. The van der Waals surface area contributed by atoms with E-state index in [-0.39, 0.29) is 17.7 Å². The molecule has 1 aromatic carbocycles. The van der Waals surface area contributed by atoms with Crippen molar-refractivity contribution in [1.29, 1.82) is 0 Å². The number of carbonyl (C=O) groups is 2. The number of nitrogens with zero attached hydrogens (tertiary/aromatic N) is 2. The highest BCUT2D eigenvalue weighted by molar-refractivity contribution is 5.84. The van der Waals surface area contributed by atoms with Crippen molar-refractivity contribution in [2.24, 2.45) is 5.73 Å². The Kier molecular flexibility index (Phi) is 3.83. The number of rotatable bonds is 3. The summed E-state index contributed by atoms with van der Waals surface area (Å²) in [7, 11) is 0. The number of likely N-dealkylation sites (tertiary alicyclic amines) is 2. The Balaban J connectivity index is 1.48. The van der Waals surface area contributed by atoms with E-state index in [2.05, 4.69) is 23.5 Å². The lowest BCUT2D eigenvalue weighted by molar-refractivity contribution is -0.131. The molecular weight excluding hydrogens is 302 g/mol. The minimum absolute atomic E-state index is 0.195. The molecular formula is C19H23N3O2. The number of benzene rings is 1. The summed E-state index contributed by atoms with van der Waals surface area (Å²) in [6.45, 7) is 4.40. The van der Waals surface area contributed by atoms with Gasteiger partial charge in [0, 0.05) is 45.1 Å². The van der Waals surface area contributed by atoms with Crippen LogP contribution in [0.2, 0.25) is 0 Å². The zero-order valence-corrected chi connectivity index (χ0v) is 14.0. The van der Waals surface area contributed by atoms with Gasteiger partial charge in [-0.05, 0) is 36.0 Å². The SMILES string of the molecule is CC(=O)N1CC2CC1CN2Cc1ccc2c(c1)CC[C]C2C(N)=O. The van der Waals surface area contributed by atoms with Crippen LogP contribution in [-0.4, -0.2) is 46.8 Å². The van der Waals surface area contributed by atoms with Gasteiger partial charge in [-0.2, -0.15) is 0 Å². The summed E-state index contributed by atoms with van der Waals surface area (Å²) in [5.41, 5.74) is 9.01. The third kappa shape index (κ3) is 2.61. The molecule has 1 aliphatic carbocycles. The van der Waals surface area contributed by atoms with E-state index in [1.807, 2.05) is 11.0 Å². The third-order valence-corrected chi connectivity index (χ3v) is 5.69. The van der Waals surface area contributed by atoms with Gasteiger partial charge in [-0.3, -0.25) is 14.5 Å². The summed E-state index contributed by atoms with van der Waals surface area (Å²) in [6.07, 6.45) is 5.99. The molecule has 2 N–H and O–H groups in total. The van der Waals surface area contributed by atoms with Gasteiger partial charge >= 0.3 is 0 Å². The number of fused-ring (bicyclic) bond motifs is 3. The lowest BCUT2D eigenvalue weighted by Crippen LogP contribution is -2.47. The third-order valence-electron chi connectivity index (χ3n) is 5.69. The molecule has 2 aliphatic heterocycles. The van der Waals surface area contributed by atoms with Crippen LogP contribution in [0.25, 0.3) is 0 Å². The van der Waals surface area contributed by atoms with Crippen LogP contribution in [0, 0.1) is 6.42 Å². The van der Waals surface area contributed by atoms with E-state index in [0.29, 0.717) is 12.1 Å². The van der Waals surface area contributed by atoms with Crippen molar-refractivity contribution >= 4 is 11.8 Å². The second kappa shape index (κ2) is 5.88. The van der Waals surface area contributed by atoms with Crippen molar-refractivity contribution in [3.8, 4) is 0 Å². The Labute approximate surface area is 142 Å². The average molecular weight is 325 g/mol. The molecule has 0 saturated carbocycles. The lowest BCUT2D eigenvalue weighted by atomic mass is 9.81. The maximum atomic E-state index is 11.6. The standard InChI is InChI=1S/C19H23N3O2/c1-12(23)22-11-15-8-16(22)10-21(15)9-13-5-6-17-14(7-13)3-2-4-18(17)19(20)24/h5-7,15-16,18H,2-3,8-11H2,1H3,(H2,20,24). The number of primary amides is 1. The van der Waals surface area contributed by atoms with E-state index in [9.17, 15) is 9.59 Å². The molecule has 4 rings (SSSR count). The van der Waals surface area contributed by atoms with Crippen molar-refractivity contribution < 1.29 is 9.59 Å². The fraction of sp³-hybridized carbons (Fsp3) is 0.526. The molecule has 2 bridgehead atoms. The fourth-order valence-electron chi connectivity index (χ4n) is 4.53. The van der Waals surface area contributed by atoms with Crippen LogP contribution >= 0.6 is 0 Å². The van der Waals surface area contributed by atoms with Crippen molar-refractivity contribution in [1.82, 2.24) is 9.80 Å². The van der Waals surface area contributed by atoms with Gasteiger partial charge in [0.05, 0.1) is 5.92 Å². The summed E-state index contributed by atoms with van der Waals surface area (Å²) < 4.78 is 0. The summed E-state index contributed by atoms with van der Waals surface area (Å²) in [5.74, 6) is -0.486. The minimum Gasteiger partial charge on any atom is -0.369 e. The molecule has 5 heteroatoms. The molecule has 2 fully saturated rings. The number of aryl methyl sites for hydroxylation is 1. The Morgan fingerprint density at radius 2 is 2.12 bits per heavy atom. The quantitative estimate of drug-likeness (QED) is 0.904. The molecule has 2 heterocycles. The number of hydrogen-bond acceptors (Lipinski definition) is 3. The fourth-order valence-corrected chi connectivity index (χ4v) is 4.53. The van der Waals surface area contributed by atoms with Crippen LogP contribution in [0.1, 0.15) is 42.4 Å². The van der Waals surface area contributed by atoms with Gasteiger partial charge in [-0.25, -0.2) is 0 Å². The van der Waals surface area contributed by atoms with Gasteiger partial charge in [-0.15, -0.1) is 0 Å². The van der Waals surface area contributed by atoms with Crippen molar-refractivity contribution in [3.05, 3.63) is 41.3 Å². The van der Waals surface area contributed by atoms with E-state index in [4.69, 9.17) is 5.73 Å². The number of nitrogens with two attached hydrogens (primary N) is 1. The molecule has 5 nitrogen and oxygen atoms in total. The Hall–Kier alpha value is -1.88. The first kappa shape index (κ1) is 15.6. The molecule has 126 valence electrons. The van der Waals surface area contributed by atoms with Gasteiger partial charge in [0.25, 0.3) is 0 Å². The van der Waals surface area contributed by atoms with Gasteiger partial charge in [-0.1, -0.05) is 18.2 Å². The van der Waals surface area contributed by atoms with Crippen molar-refractivity contribution in [2.45, 2.75) is 50.7 Å². The molecule has 3 unspecified atom stereocenters. The van der Waals surface area contributed by atoms with Crippen LogP contribution in [0.3, 0.4) is 0 Å². The highest BCUT2D eigenvalue weighted by Gasteiger charge is 2.44. The zero-order chi connectivity index (χ0) is 16.8. The predicted octanol–water partition coefficient (Wildman–Crippen LogP) is 1.09. The maximum Gasteiger partial charge on any atom is 0.225 e. The molecule has 2 radical (unpaired) electrons. The number of amides is 2. The van der Waals surface area contributed by atoms with E-state index in [1.54, 1.807) is 6.92 Å². The number of piperazine rings is 1. The Morgan fingerprint density at radius 3 is 2.79 bits per heavy atom. The molecule has 3 aliphatic rings. The summed E-state index contributed by atoms with van der Waals surface area (Å²) in [5, 5.41) is 0. The van der Waals surface area contributed by atoms with E-state index < -0.39 is 0 Å². The molecule has 24 heavy (non-hydrogen) atoms. The van der Waals surface area contributed by atoms with Crippen molar-refractivity contribution in [3.63, 3.8) is 0 Å². The van der Waals surface area contributed by atoms with Crippen molar-refractivity contribution in [2.75, 3.05) is 13.1 Å². The van der Waals surface area contributed by atoms with Gasteiger partial charge < -0.3 is 10.6 Å². The smallest absolute Gasteiger partial charge is 0.225 e. The first-order valence-corrected chi connectivity index (χ1v) is 8.68. The zero-order valence-electron chi connectivity index (χ0n) is 14.0. The molecule has 2 amide bonds.